The van der Waals surface area contributed by atoms with E-state index in [-0.39, 0.29) is 17.7 Å². The summed E-state index contributed by atoms with van der Waals surface area (Å²) in [6.07, 6.45) is 5.34. The molecule has 1 fully saturated rings. The first-order chi connectivity index (χ1) is 11.3. The molecule has 1 amide bonds. The Labute approximate surface area is 143 Å². The van der Waals surface area contributed by atoms with Crippen molar-refractivity contribution in [2.75, 3.05) is 19.7 Å². The van der Waals surface area contributed by atoms with E-state index >= 15 is 0 Å². The Hall–Kier alpha value is -1.98. The van der Waals surface area contributed by atoms with Gasteiger partial charge in [-0.1, -0.05) is 0 Å². The molecule has 0 spiro atoms. The standard InChI is InChI=1S/C18H28N2O4/c1-18(2,3)24-17(22)20-11-5-7-14(13-20)8-6-12-23-16-15(21)9-4-10-19-16/h4,9-10,14,21H,5-8,11-13H2,1-3H3. The Morgan fingerprint density at radius 3 is 2.96 bits per heavy atom. The molecule has 1 aliphatic heterocycles. The maximum atomic E-state index is 12.2. The summed E-state index contributed by atoms with van der Waals surface area (Å²) >= 11 is 0. The molecule has 2 rings (SSSR count). The number of nitrogens with zero attached hydrogens (tertiary/aromatic N) is 2. The number of aromatic nitrogens is 1. The zero-order valence-electron chi connectivity index (χ0n) is 14.8. The third-order valence-electron chi connectivity index (χ3n) is 3.92. The monoisotopic (exact) mass is 336 g/mol. The molecule has 1 aromatic rings. The van der Waals surface area contributed by atoms with E-state index < -0.39 is 5.60 Å². The fraction of sp³-hybridized carbons (Fsp3) is 0.667. The molecule has 1 N–H and O–H groups in total. The molecule has 0 aliphatic carbocycles. The van der Waals surface area contributed by atoms with Gasteiger partial charge >= 0.3 is 6.09 Å². The molecule has 6 nitrogen and oxygen atoms in total. The molecular formula is C18H28N2O4. The van der Waals surface area contributed by atoms with Crippen LogP contribution in [0.5, 0.6) is 11.6 Å². The van der Waals surface area contributed by atoms with Gasteiger partial charge in [0.15, 0.2) is 5.75 Å². The zero-order valence-corrected chi connectivity index (χ0v) is 14.8. The van der Waals surface area contributed by atoms with E-state index in [1.165, 1.54) is 0 Å². The summed E-state index contributed by atoms with van der Waals surface area (Å²) in [5.74, 6) is 0.801. The highest BCUT2D eigenvalue weighted by Crippen LogP contribution is 2.24. The van der Waals surface area contributed by atoms with Crippen LogP contribution in [0, 0.1) is 5.92 Å². The Bertz CT molecular complexity index is 542. The highest BCUT2D eigenvalue weighted by atomic mass is 16.6. The Kier molecular flexibility index (Phi) is 6.29. The second-order valence-electron chi connectivity index (χ2n) is 7.25. The van der Waals surface area contributed by atoms with Crippen LogP contribution in [-0.2, 0) is 4.74 Å². The molecule has 0 aromatic carbocycles. The summed E-state index contributed by atoms with van der Waals surface area (Å²) < 4.78 is 11.0. The van der Waals surface area contributed by atoms with Crippen molar-refractivity contribution < 1.29 is 19.4 Å². The lowest BCUT2D eigenvalue weighted by atomic mass is 9.94. The molecule has 1 aliphatic rings. The SMILES string of the molecule is CC(C)(C)OC(=O)N1CCCC(CCCOc2ncccc2O)C1. The van der Waals surface area contributed by atoms with E-state index in [1.807, 2.05) is 25.7 Å². The van der Waals surface area contributed by atoms with Gasteiger partial charge in [-0.25, -0.2) is 9.78 Å². The Morgan fingerprint density at radius 1 is 1.46 bits per heavy atom. The van der Waals surface area contributed by atoms with Gasteiger partial charge in [0.05, 0.1) is 6.61 Å². The van der Waals surface area contributed by atoms with Gasteiger partial charge < -0.3 is 19.5 Å². The second-order valence-corrected chi connectivity index (χ2v) is 7.25. The Morgan fingerprint density at radius 2 is 2.25 bits per heavy atom. The summed E-state index contributed by atoms with van der Waals surface area (Å²) in [4.78, 5) is 18.0. The van der Waals surface area contributed by atoms with Gasteiger partial charge in [0.1, 0.15) is 5.60 Å². The Balaban J connectivity index is 1.71. The van der Waals surface area contributed by atoms with E-state index in [0.29, 0.717) is 12.5 Å². The van der Waals surface area contributed by atoms with E-state index in [4.69, 9.17) is 9.47 Å². The van der Waals surface area contributed by atoms with Crippen molar-refractivity contribution in [3.8, 4) is 11.6 Å². The van der Waals surface area contributed by atoms with Crippen molar-refractivity contribution in [2.45, 2.75) is 52.1 Å². The van der Waals surface area contributed by atoms with Crippen LogP contribution in [0.2, 0.25) is 0 Å². The predicted molar refractivity (Wildman–Crippen MR) is 91.2 cm³/mol. The number of hydrogen-bond acceptors (Lipinski definition) is 5. The number of carbonyl (C=O) groups is 1. The summed E-state index contributed by atoms with van der Waals surface area (Å²) in [6.45, 7) is 7.67. The molecule has 24 heavy (non-hydrogen) atoms. The van der Waals surface area contributed by atoms with Crippen LogP contribution in [-0.4, -0.2) is 46.4 Å². The average Bonchev–Trinajstić information content (AvgIpc) is 2.52. The summed E-state index contributed by atoms with van der Waals surface area (Å²) in [5, 5.41) is 9.60. The van der Waals surface area contributed by atoms with Crippen molar-refractivity contribution in [3.05, 3.63) is 18.3 Å². The lowest BCUT2D eigenvalue weighted by Crippen LogP contribution is -2.42. The summed E-state index contributed by atoms with van der Waals surface area (Å²) in [6, 6.07) is 3.22. The number of rotatable bonds is 5. The molecule has 1 saturated heterocycles. The topological polar surface area (TPSA) is 71.9 Å². The number of ether oxygens (including phenoxy) is 2. The number of likely N-dealkylation sites (tertiary alicyclic amines) is 1. The van der Waals surface area contributed by atoms with Crippen LogP contribution in [0.15, 0.2) is 18.3 Å². The molecule has 0 radical (unpaired) electrons. The second kappa shape index (κ2) is 8.22. The van der Waals surface area contributed by atoms with Crippen molar-refractivity contribution in [1.29, 1.82) is 0 Å². The zero-order chi connectivity index (χ0) is 17.6. The lowest BCUT2D eigenvalue weighted by molar-refractivity contribution is 0.0159. The van der Waals surface area contributed by atoms with Crippen LogP contribution in [0.25, 0.3) is 0 Å². The summed E-state index contributed by atoms with van der Waals surface area (Å²) in [5.41, 5.74) is -0.456. The normalized spacial score (nSPS) is 18.3. The molecule has 134 valence electrons. The average molecular weight is 336 g/mol. The maximum Gasteiger partial charge on any atom is 0.410 e. The number of hydrogen-bond donors (Lipinski definition) is 1. The third kappa shape index (κ3) is 5.91. The van der Waals surface area contributed by atoms with Gasteiger partial charge in [0, 0.05) is 19.3 Å². The van der Waals surface area contributed by atoms with Crippen molar-refractivity contribution >= 4 is 6.09 Å². The number of carbonyl (C=O) groups excluding carboxylic acids is 1. The van der Waals surface area contributed by atoms with Crippen LogP contribution >= 0.6 is 0 Å². The molecule has 1 atom stereocenters. The van der Waals surface area contributed by atoms with Crippen molar-refractivity contribution in [3.63, 3.8) is 0 Å². The van der Waals surface area contributed by atoms with Gasteiger partial charge in [-0.3, -0.25) is 0 Å². The number of amides is 1. The third-order valence-corrected chi connectivity index (χ3v) is 3.92. The molecule has 6 heteroatoms. The van der Waals surface area contributed by atoms with Gasteiger partial charge in [-0.15, -0.1) is 0 Å². The fourth-order valence-corrected chi connectivity index (χ4v) is 2.83. The molecule has 1 unspecified atom stereocenters. The first-order valence-corrected chi connectivity index (χ1v) is 8.60. The van der Waals surface area contributed by atoms with Gasteiger partial charge in [-0.05, 0) is 64.5 Å². The fourth-order valence-electron chi connectivity index (χ4n) is 2.83. The van der Waals surface area contributed by atoms with E-state index in [9.17, 15) is 9.90 Å². The predicted octanol–water partition coefficient (Wildman–Crippen LogP) is 3.59. The minimum absolute atomic E-state index is 0.0614. The van der Waals surface area contributed by atoms with Crippen LogP contribution < -0.4 is 4.74 Å². The van der Waals surface area contributed by atoms with Gasteiger partial charge in [0.2, 0.25) is 0 Å². The van der Waals surface area contributed by atoms with E-state index in [0.717, 1.165) is 38.8 Å². The highest BCUT2D eigenvalue weighted by Gasteiger charge is 2.27. The molecule has 1 aromatic heterocycles. The number of aromatic hydroxyl groups is 1. The van der Waals surface area contributed by atoms with Gasteiger partial charge in [-0.2, -0.15) is 0 Å². The van der Waals surface area contributed by atoms with Crippen LogP contribution in [0.4, 0.5) is 4.79 Å². The molecular weight excluding hydrogens is 308 g/mol. The minimum atomic E-state index is -0.456. The van der Waals surface area contributed by atoms with Crippen molar-refractivity contribution in [2.24, 2.45) is 5.92 Å². The quantitative estimate of drug-likeness (QED) is 0.832. The first-order valence-electron chi connectivity index (χ1n) is 8.60. The molecule has 2 heterocycles. The smallest absolute Gasteiger partial charge is 0.410 e. The number of piperidine rings is 1. The van der Waals surface area contributed by atoms with Crippen LogP contribution in [0.3, 0.4) is 0 Å². The highest BCUT2D eigenvalue weighted by molar-refractivity contribution is 5.68. The summed E-state index contributed by atoms with van der Waals surface area (Å²) in [7, 11) is 0. The molecule has 0 bridgehead atoms. The van der Waals surface area contributed by atoms with Crippen molar-refractivity contribution in [1.82, 2.24) is 9.88 Å². The number of pyridine rings is 1. The minimum Gasteiger partial charge on any atom is -0.503 e. The maximum absolute atomic E-state index is 12.2. The largest absolute Gasteiger partial charge is 0.503 e. The van der Waals surface area contributed by atoms with Gasteiger partial charge in [0.25, 0.3) is 5.88 Å². The molecule has 0 saturated carbocycles. The first kappa shape index (κ1) is 18.4. The van der Waals surface area contributed by atoms with Crippen LogP contribution in [0.1, 0.15) is 46.5 Å². The van der Waals surface area contributed by atoms with E-state index in [1.54, 1.807) is 18.3 Å². The van der Waals surface area contributed by atoms with E-state index in [2.05, 4.69) is 4.98 Å². The lowest BCUT2D eigenvalue weighted by Gasteiger charge is -2.34.